The Morgan fingerprint density at radius 1 is 1.00 bits per heavy atom. The van der Waals surface area contributed by atoms with Crippen LogP contribution in [0.3, 0.4) is 0 Å². The molecule has 4 heterocycles. The maximum atomic E-state index is 12.8. The van der Waals surface area contributed by atoms with E-state index in [9.17, 15) is 34.8 Å². The Balaban J connectivity index is 0.000000301. The first-order chi connectivity index (χ1) is 17.4. The molecule has 2 aromatic heterocycles. The van der Waals surface area contributed by atoms with Gasteiger partial charge in [0.1, 0.15) is 0 Å². The number of aryl methyl sites for hydroxylation is 1. The van der Waals surface area contributed by atoms with E-state index in [0.29, 0.717) is 19.6 Å². The van der Waals surface area contributed by atoms with E-state index < -0.39 is 34.3 Å². The molecule has 0 radical (unpaired) electrons. The van der Waals surface area contributed by atoms with Gasteiger partial charge >= 0.3 is 24.3 Å². The van der Waals surface area contributed by atoms with E-state index in [0.717, 1.165) is 23.8 Å². The number of carboxylic acid groups (broad SMARTS) is 2. The van der Waals surface area contributed by atoms with Crippen LogP contribution in [-0.4, -0.2) is 87.0 Å². The fraction of sp³-hybridized carbons (Fsp3) is 0.500. The van der Waals surface area contributed by atoms with Gasteiger partial charge in [0.05, 0.1) is 22.5 Å². The lowest BCUT2D eigenvalue weighted by Crippen LogP contribution is -2.34. The second-order valence-electron chi connectivity index (χ2n) is 8.15. The molecule has 0 aromatic carbocycles. The van der Waals surface area contributed by atoms with Gasteiger partial charge < -0.3 is 10.2 Å². The van der Waals surface area contributed by atoms with E-state index in [1.807, 2.05) is 24.4 Å². The van der Waals surface area contributed by atoms with Crippen LogP contribution in [0.25, 0.3) is 0 Å². The first kappa shape index (κ1) is 31.4. The smallest absolute Gasteiger partial charge is 0.475 e. The number of aromatic nitrogens is 2. The molecule has 2 aliphatic rings. The number of alkyl halides is 6. The average Bonchev–Trinajstić information content (AvgIpc) is 3.44. The van der Waals surface area contributed by atoms with Gasteiger partial charge in [-0.15, -0.1) is 11.3 Å². The molecule has 2 fully saturated rings. The number of pyridine rings is 1. The molecule has 2 saturated heterocycles. The minimum absolute atomic E-state index is 0.191. The fourth-order valence-corrected chi connectivity index (χ4v) is 6.44. The largest absolute Gasteiger partial charge is 0.490 e. The summed E-state index contributed by atoms with van der Waals surface area (Å²) in [5.74, 6) is -5.32. The van der Waals surface area contributed by atoms with Gasteiger partial charge in [0.2, 0.25) is 10.0 Å². The second-order valence-corrected chi connectivity index (χ2v) is 11.4. The topological polar surface area (TPSA) is 141 Å². The van der Waals surface area contributed by atoms with Gasteiger partial charge in [-0.3, -0.25) is 9.88 Å². The number of carbonyl (C=O) groups is 2. The summed E-state index contributed by atoms with van der Waals surface area (Å²) in [6.45, 7) is 5.19. The zero-order valence-electron chi connectivity index (χ0n) is 19.5. The van der Waals surface area contributed by atoms with Crippen LogP contribution in [0.1, 0.15) is 16.3 Å². The molecule has 0 spiro atoms. The average molecular weight is 593 g/mol. The number of hydrogen-bond donors (Lipinski definition) is 2. The van der Waals surface area contributed by atoms with E-state index in [1.165, 1.54) is 5.56 Å². The van der Waals surface area contributed by atoms with Crippen molar-refractivity contribution in [2.75, 3.05) is 19.6 Å². The lowest BCUT2D eigenvalue weighted by atomic mass is 10.1. The molecule has 4 rings (SSSR count). The van der Waals surface area contributed by atoms with Crippen LogP contribution in [0.4, 0.5) is 26.3 Å². The number of fused-ring (bicyclic) bond motifs is 1. The molecule has 212 valence electrons. The third-order valence-electron chi connectivity index (χ3n) is 5.28. The highest BCUT2D eigenvalue weighted by atomic mass is 32.2. The molecule has 2 aliphatic heterocycles. The van der Waals surface area contributed by atoms with Crippen LogP contribution in [-0.2, 0) is 32.7 Å². The third-order valence-corrected chi connectivity index (χ3v) is 8.40. The van der Waals surface area contributed by atoms with Crippen molar-refractivity contribution >= 4 is 33.3 Å². The van der Waals surface area contributed by atoms with E-state index in [-0.39, 0.29) is 11.2 Å². The van der Waals surface area contributed by atoms with E-state index >= 15 is 0 Å². The second kappa shape index (κ2) is 12.4. The number of carboxylic acids is 2. The van der Waals surface area contributed by atoms with Crippen molar-refractivity contribution in [2.24, 2.45) is 5.92 Å². The van der Waals surface area contributed by atoms with Crippen molar-refractivity contribution in [1.29, 1.82) is 0 Å². The highest BCUT2D eigenvalue weighted by Gasteiger charge is 2.50. The number of thiazole rings is 1. The van der Waals surface area contributed by atoms with Crippen molar-refractivity contribution in [3.63, 3.8) is 0 Å². The Bertz CT molecular complexity index is 1180. The molecule has 2 atom stereocenters. The van der Waals surface area contributed by atoms with Crippen molar-refractivity contribution in [3.05, 3.63) is 46.2 Å². The fourth-order valence-electron chi connectivity index (χ4n) is 3.69. The lowest BCUT2D eigenvalue weighted by molar-refractivity contribution is -0.193. The van der Waals surface area contributed by atoms with Crippen molar-refractivity contribution in [3.8, 4) is 0 Å². The molecule has 2 unspecified atom stereocenters. The third kappa shape index (κ3) is 8.88. The zero-order chi connectivity index (χ0) is 28.9. The van der Waals surface area contributed by atoms with Crippen LogP contribution in [0.5, 0.6) is 0 Å². The van der Waals surface area contributed by atoms with E-state index in [4.69, 9.17) is 19.8 Å². The first-order valence-electron chi connectivity index (χ1n) is 10.5. The summed E-state index contributed by atoms with van der Waals surface area (Å²) in [4.78, 5) is 28.5. The predicted molar refractivity (Wildman–Crippen MR) is 120 cm³/mol. The Hall–Kier alpha value is -2.83. The highest BCUT2D eigenvalue weighted by molar-refractivity contribution is 7.90. The van der Waals surface area contributed by atoms with Crippen LogP contribution in [0.15, 0.2) is 29.9 Å². The van der Waals surface area contributed by atoms with Crippen molar-refractivity contribution in [1.82, 2.24) is 19.2 Å². The molecule has 0 amide bonds. The van der Waals surface area contributed by atoms with Crippen LogP contribution >= 0.6 is 11.3 Å². The standard InChI is InChI=1S/C16H20N4O2S2.2C2HF3O2/c1-12-18-15(11-23-12)9-20-8-14-7-19(10-16(14)24(20,21)22)6-13-2-4-17-5-3-13;2*3-2(4,5)1(6)7/h2-5,11,14,16H,6-10H2,1H3;2*(H,6,7). The number of rotatable bonds is 4. The van der Waals surface area contributed by atoms with E-state index in [2.05, 4.69) is 14.9 Å². The van der Waals surface area contributed by atoms with Gasteiger partial charge in [-0.2, -0.15) is 30.6 Å². The summed E-state index contributed by atoms with van der Waals surface area (Å²) < 4.78 is 90.8. The monoisotopic (exact) mass is 592 g/mol. The first-order valence-corrected chi connectivity index (χ1v) is 12.9. The van der Waals surface area contributed by atoms with Gasteiger partial charge in [-0.05, 0) is 24.6 Å². The SMILES string of the molecule is Cc1nc(CN2CC3CN(Cc4ccncc4)CC3S2(=O)=O)cs1.O=C(O)C(F)(F)F.O=C(O)C(F)(F)F. The van der Waals surface area contributed by atoms with Crippen LogP contribution < -0.4 is 0 Å². The van der Waals surface area contributed by atoms with Crippen LogP contribution in [0, 0.1) is 12.8 Å². The van der Waals surface area contributed by atoms with Gasteiger partial charge in [0.25, 0.3) is 0 Å². The van der Waals surface area contributed by atoms with E-state index in [1.54, 1.807) is 28.0 Å². The molecule has 2 N–H and O–H groups in total. The molecular weight excluding hydrogens is 570 g/mol. The number of halogens is 6. The number of hydrogen-bond acceptors (Lipinski definition) is 8. The number of aliphatic carboxylic acids is 2. The Morgan fingerprint density at radius 3 is 1.95 bits per heavy atom. The maximum absolute atomic E-state index is 12.8. The van der Waals surface area contributed by atoms with Gasteiger partial charge in [-0.25, -0.2) is 23.0 Å². The Labute approximate surface area is 216 Å². The van der Waals surface area contributed by atoms with Gasteiger partial charge in [0, 0.05) is 49.9 Å². The summed E-state index contributed by atoms with van der Waals surface area (Å²) >= 11 is 1.56. The van der Waals surface area contributed by atoms with Crippen molar-refractivity contribution in [2.45, 2.75) is 37.6 Å². The molecule has 0 aliphatic carbocycles. The minimum atomic E-state index is -5.08. The molecule has 18 heteroatoms. The quantitative estimate of drug-likeness (QED) is 0.513. The summed E-state index contributed by atoms with van der Waals surface area (Å²) in [5, 5.41) is 16.9. The summed E-state index contributed by atoms with van der Waals surface area (Å²) in [7, 11) is -3.23. The van der Waals surface area contributed by atoms with Gasteiger partial charge in [-0.1, -0.05) is 0 Å². The summed E-state index contributed by atoms with van der Waals surface area (Å²) in [6.07, 6.45) is -6.61. The zero-order valence-corrected chi connectivity index (χ0v) is 21.1. The highest BCUT2D eigenvalue weighted by Crippen LogP contribution is 2.35. The summed E-state index contributed by atoms with van der Waals surface area (Å²) in [5.41, 5.74) is 2.03. The maximum Gasteiger partial charge on any atom is 0.490 e. The Morgan fingerprint density at radius 2 is 1.53 bits per heavy atom. The van der Waals surface area contributed by atoms with Crippen LogP contribution in [0.2, 0.25) is 0 Å². The molecule has 0 saturated carbocycles. The number of nitrogens with zero attached hydrogens (tertiary/aromatic N) is 4. The molecular formula is C20H22F6N4O6S2. The number of sulfonamides is 1. The normalized spacial score (nSPS) is 21.0. The molecule has 10 nitrogen and oxygen atoms in total. The molecule has 2 aromatic rings. The predicted octanol–water partition coefficient (Wildman–Crippen LogP) is 2.76. The number of likely N-dealkylation sites (tertiary alicyclic amines) is 1. The minimum Gasteiger partial charge on any atom is -0.475 e. The Kier molecular flexibility index (Phi) is 10.2. The lowest BCUT2D eigenvalue weighted by Gasteiger charge is -2.20. The molecule has 38 heavy (non-hydrogen) atoms. The summed E-state index contributed by atoms with van der Waals surface area (Å²) in [6, 6.07) is 3.97. The van der Waals surface area contributed by atoms with Gasteiger partial charge in [0.15, 0.2) is 0 Å². The van der Waals surface area contributed by atoms with Crippen molar-refractivity contribution < 1.29 is 54.6 Å². The molecule has 0 bridgehead atoms.